The number of rotatable bonds is 7. The van der Waals surface area contributed by atoms with E-state index in [0.717, 1.165) is 11.4 Å². The van der Waals surface area contributed by atoms with Crippen LogP contribution in [0.4, 0.5) is 0 Å². The van der Waals surface area contributed by atoms with Crippen LogP contribution in [-0.2, 0) is 13.3 Å². The van der Waals surface area contributed by atoms with Gasteiger partial charge < -0.3 is 13.3 Å². The van der Waals surface area contributed by atoms with E-state index in [9.17, 15) is 0 Å². The van der Waals surface area contributed by atoms with Crippen molar-refractivity contribution >= 4 is 8.97 Å². The minimum absolute atomic E-state index is 0.546. The van der Waals surface area contributed by atoms with Crippen molar-refractivity contribution in [3.8, 4) is 0 Å². The molecule has 0 aromatic carbocycles. The molecule has 0 atom stereocenters. The van der Waals surface area contributed by atoms with Crippen LogP contribution < -0.4 is 0 Å². The molecule has 5 nitrogen and oxygen atoms in total. The summed E-state index contributed by atoms with van der Waals surface area (Å²) in [5, 5.41) is 4.44. The zero-order valence-corrected chi connectivity index (χ0v) is 12.3. The summed E-state index contributed by atoms with van der Waals surface area (Å²) in [4.78, 5) is 0. The molecule has 0 N–H and O–H groups in total. The molecule has 0 spiro atoms. The van der Waals surface area contributed by atoms with E-state index in [1.807, 2.05) is 40.7 Å². The summed E-state index contributed by atoms with van der Waals surface area (Å²) in [5.41, 5.74) is 1.95. The maximum atomic E-state index is 5.79. The van der Waals surface area contributed by atoms with Crippen molar-refractivity contribution in [1.29, 1.82) is 0 Å². The molecular formula is C11H22N2O3Si. The highest BCUT2D eigenvalue weighted by molar-refractivity contribution is 6.58. The van der Waals surface area contributed by atoms with Gasteiger partial charge in [-0.1, -0.05) is 0 Å². The Morgan fingerprint density at radius 2 is 1.53 bits per heavy atom. The van der Waals surface area contributed by atoms with Crippen LogP contribution in [0.3, 0.4) is 0 Å². The third-order valence-corrected chi connectivity index (χ3v) is 5.18. The van der Waals surface area contributed by atoms with Crippen LogP contribution in [0.15, 0.2) is 6.07 Å². The third kappa shape index (κ3) is 3.16. The van der Waals surface area contributed by atoms with Gasteiger partial charge in [-0.3, -0.25) is 0 Å². The Bertz CT molecular complexity index is 337. The zero-order chi connectivity index (χ0) is 12.9. The van der Waals surface area contributed by atoms with E-state index in [-0.39, 0.29) is 0 Å². The van der Waals surface area contributed by atoms with E-state index in [2.05, 4.69) is 5.10 Å². The second-order valence-corrected chi connectivity index (χ2v) is 6.00. The van der Waals surface area contributed by atoms with E-state index >= 15 is 0 Å². The Morgan fingerprint density at radius 3 is 1.82 bits per heavy atom. The number of nitrogens with zero attached hydrogens (tertiary/aromatic N) is 2. The molecule has 0 unspecified atom stereocenters. The smallest absolute Gasteiger partial charge is 0.356 e. The van der Waals surface area contributed by atoms with Gasteiger partial charge in [-0.15, -0.1) is 0 Å². The lowest BCUT2D eigenvalue weighted by Gasteiger charge is -2.28. The normalized spacial score (nSPS) is 12.1. The molecule has 0 radical (unpaired) electrons. The molecule has 1 heterocycles. The van der Waals surface area contributed by atoms with Crippen LogP contribution in [0.5, 0.6) is 0 Å². The lowest BCUT2D eigenvalue weighted by atomic mass is 10.4. The number of aryl methyl sites for hydroxylation is 2. The van der Waals surface area contributed by atoms with E-state index in [1.54, 1.807) is 4.35 Å². The first-order chi connectivity index (χ1) is 8.09. The van der Waals surface area contributed by atoms with E-state index < -0.39 is 8.97 Å². The predicted octanol–water partition coefficient (Wildman–Crippen LogP) is 1.89. The molecule has 6 heteroatoms. The lowest BCUT2D eigenvalue weighted by Crippen LogP contribution is -2.54. The van der Waals surface area contributed by atoms with Crippen molar-refractivity contribution in [2.75, 3.05) is 19.8 Å². The SMILES string of the molecule is CCO[Si](OCC)(OCC)n1nc(C)cc1C. The molecule has 0 bridgehead atoms. The van der Waals surface area contributed by atoms with E-state index in [1.165, 1.54) is 0 Å². The van der Waals surface area contributed by atoms with Crippen molar-refractivity contribution in [3.63, 3.8) is 0 Å². The topological polar surface area (TPSA) is 45.5 Å². The van der Waals surface area contributed by atoms with Gasteiger partial charge in [0, 0.05) is 25.5 Å². The quantitative estimate of drug-likeness (QED) is 0.701. The summed E-state index contributed by atoms with van der Waals surface area (Å²) in [7, 11) is -2.89. The second kappa shape index (κ2) is 6.30. The molecule has 0 amide bonds. The van der Waals surface area contributed by atoms with E-state index in [0.29, 0.717) is 19.8 Å². The van der Waals surface area contributed by atoms with Gasteiger partial charge in [0.15, 0.2) is 0 Å². The fourth-order valence-corrected chi connectivity index (χ4v) is 4.25. The lowest BCUT2D eigenvalue weighted by molar-refractivity contribution is 0.0572. The van der Waals surface area contributed by atoms with Crippen molar-refractivity contribution < 1.29 is 13.3 Å². The predicted molar refractivity (Wildman–Crippen MR) is 67.7 cm³/mol. The molecule has 1 aromatic rings. The van der Waals surface area contributed by atoms with Gasteiger partial charge in [0.2, 0.25) is 0 Å². The maximum Gasteiger partial charge on any atom is 0.655 e. The molecule has 0 aliphatic carbocycles. The molecule has 17 heavy (non-hydrogen) atoms. The summed E-state index contributed by atoms with van der Waals surface area (Å²) < 4.78 is 19.1. The Hall–Kier alpha value is -0.693. The summed E-state index contributed by atoms with van der Waals surface area (Å²) in [6.45, 7) is 11.4. The van der Waals surface area contributed by atoms with Crippen LogP contribution >= 0.6 is 0 Å². The van der Waals surface area contributed by atoms with Gasteiger partial charge in [-0.05, 0) is 40.7 Å². The minimum Gasteiger partial charge on any atom is -0.356 e. The van der Waals surface area contributed by atoms with Gasteiger partial charge in [0.1, 0.15) is 0 Å². The first kappa shape index (κ1) is 14.4. The summed E-state index contributed by atoms with van der Waals surface area (Å²) in [6.07, 6.45) is 0. The number of hydrogen-bond donors (Lipinski definition) is 0. The maximum absolute atomic E-state index is 5.79. The Labute approximate surface area is 104 Å². The molecule has 0 saturated carbocycles. The molecule has 1 aromatic heterocycles. The molecule has 98 valence electrons. The number of hydrogen-bond acceptors (Lipinski definition) is 4. The molecule has 0 aliphatic rings. The van der Waals surface area contributed by atoms with Gasteiger partial charge in [0.25, 0.3) is 0 Å². The van der Waals surface area contributed by atoms with Crippen LogP contribution in [0.2, 0.25) is 0 Å². The van der Waals surface area contributed by atoms with Gasteiger partial charge in [-0.25, -0.2) is 4.35 Å². The Balaban J connectivity index is 3.13. The minimum atomic E-state index is -2.89. The highest BCUT2D eigenvalue weighted by Gasteiger charge is 2.47. The fourth-order valence-electron chi connectivity index (χ4n) is 1.76. The van der Waals surface area contributed by atoms with Crippen LogP contribution in [-0.4, -0.2) is 38.2 Å². The fraction of sp³-hybridized carbons (Fsp3) is 0.727. The first-order valence-electron chi connectivity index (χ1n) is 6.05. The second-order valence-electron chi connectivity index (χ2n) is 3.66. The van der Waals surface area contributed by atoms with Crippen LogP contribution in [0.25, 0.3) is 0 Å². The Kier molecular flexibility index (Phi) is 5.32. The van der Waals surface area contributed by atoms with E-state index in [4.69, 9.17) is 13.3 Å². The van der Waals surface area contributed by atoms with Crippen molar-refractivity contribution in [2.24, 2.45) is 0 Å². The summed E-state index contributed by atoms with van der Waals surface area (Å²) in [5.74, 6) is 0. The van der Waals surface area contributed by atoms with Crippen molar-refractivity contribution in [3.05, 3.63) is 17.5 Å². The third-order valence-electron chi connectivity index (χ3n) is 2.25. The molecule has 1 rings (SSSR count). The standard InChI is InChI=1S/C11H22N2O3Si/c1-6-14-17(15-7-2,16-8-3)13-11(5)9-10(4)12-13/h9H,6-8H2,1-5H3. The van der Waals surface area contributed by atoms with Crippen LogP contribution in [0, 0.1) is 13.8 Å². The van der Waals surface area contributed by atoms with Crippen molar-refractivity contribution in [2.45, 2.75) is 34.6 Å². The van der Waals surface area contributed by atoms with Crippen molar-refractivity contribution in [1.82, 2.24) is 9.45 Å². The highest BCUT2D eigenvalue weighted by Crippen LogP contribution is 2.16. The molecular weight excluding hydrogens is 236 g/mol. The highest BCUT2D eigenvalue weighted by atomic mass is 28.4. The molecule has 0 fully saturated rings. The Morgan fingerprint density at radius 1 is 1.06 bits per heavy atom. The molecule has 0 saturated heterocycles. The van der Waals surface area contributed by atoms with Gasteiger partial charge in [0.05, 0.1) is 5.69 Å². The zero-order valence-electron chi connectivity index (χ0n) is 11.3. The first-order valence-corrected chi connectivity index (χ1v) is 7.72. The van der Waals surface area contributed by atoms with Gasteiger partial charge in [-0.2, -0.15) is 5.10 Å². The average Bonchev–Trinajstić information content (AvgIpc) is 2.59. The summed E-state index contributed by atoms with van der Waals surface area (Å²) in [6, 6.07) is 2.00. The molecule has 0 aliphatic heterocycles. The number of aromatic nitrogens is 2. The monoisotopic (exact) mass is 258 g/mol. The largest absolute Gasteiger partial charge is 0.655 e. The van der Waals surface area contributed by atoms with Gasteiger partial charge >= 0.3 is 8.97 Å². The summed E-state index contributed by atoms with van der Waals surface area (Å²) >= 11 is 0. The van der Waals surface area contributed by atoms with Crippen LogP contribution in [0.1, 0.15) is 32.2 Å². The average molecular weight is 258 g/mol.